The fourth-order valence-corrected chi connectivity index (χ4v) is 3.51. The standard InChI is InChI=1S/C23H26ClN3O4/c1-16-9-10-18(24)14-19(16)26-23(30)22(29)25-11-5-8-21(28)27-12-13-31-20(15-27)17-6-3-2-4-7-17/h2-4,6-7,9-10,14,20H,5,8,11-13,15H2,1H3,(H,25,29)(H,26,30). The summed E-state index contributed by atoms with van der Waals surface area (Å²) in [5, 5.41) is 5.57. The van der Waals surface area contributed by atoms with Crippen molar-refractivity contribution in [1.82, 2.24) is 10.2 Å². The van der Waals surface area contributed by atoms with Crippen LogP contribution < -0.4 is 10.6 Å². The Morgan fingerprint density at radius 3 is 2.68 bits per heavy atom. The van der Waals surface area contributed by atoms with E-state index in [1.54, 1.807) is 23.1 Å². The van der Waals surface area contributed by atoms with E-state index in [0.717, 1.165) is 11.1 Å². The average Bonchev–Trinajstić information content (AvgIpc) is 2.79. The molecule has 3 rings (SSSR count). The van der Waals surface area contributed by atoms with Crippen LogP contribution in [0.25, 0.3) is 0 Å². The van der Waals surface area contributed by atoms with E-state index in [-0.39, 0.29) is 25.0 Å². The van der Waals surface area contributed by atoms with E-state index in [1.165, 1.54) is 0 Å². The molecule has 1 heterocycles. The molecule has 8 heteroatoms. The van der Waals surface area contributed by atoms with E-state index in [9.17, 15) is 14.4 Å². The molecule has 1 aliphatic heterocycles. The van der Waals surface area contributed by atoms with Crippen molar-refractivity contribution in [2.75, 3.05) is 31.6 Å². The number of nitrogens with zero attached hydrogens (tertiary/aromatic N) is 1. The average molecular weight is 444 g/mol. The molecule has 0 bridgehead atoms. The van der Waals surface area contributed by atoms with Crippen molar-refractivity contribution < 1.29 is 19.1 Å². The highest BCUT2D eigenvalue weighted by molar-refractivity contribution is 6.40. The van der Waals surface area contributed by atoms with E-state index in [0.29, 0.717) is 36.8 Å². The molecule has 3 amide bonds. The molecule has 7 nitrogen and oxygen atoms in total. The second kappa shape index (κ2) is 10.9. The van der Waals surface area contributed by atoms with Crippen LogP contribution in [0.15, 0.2) is 48.5 Å². The molecule has 0 spiro atoms. The first-order chi connectivity index (χ1) is 14.9. The highest BCUT2D eigenvalue weighted by atomic mass is 35.5. The summed E-state index contributed by atoms with van der Waals surface area (Å²) < 4.78 is 5.79. The maximum absolute atomic E-state index is 12.5. The van der Waals surface area contributed by atoms with Crippen LogP contribution in [0, 0.1) is 6.92 Å². The minimum atomic E-state index is -0.768. The Balaban J connectivity index is 1.39. The van der Waals surface area contributed by atoms with Crippen LogP contribution >= 0.6 is 11.6 Å². The molecule has 0 aromatic heterocycles. The lowest BCUT2D eigenvalue weighted by atomic mass is 10.1. The molecule has 1 atom stereocenters. The normalized spacial score (nSPS) is 15.9. The van der Waals surface area contributed by atoms with Gasteiger partial charge in [0.25, 0.3) is 0 Å². The van der Waals surface area contributed by atoms with Gasteiger partial charge in [-0.05, 0) is 36.6 Å². The number of nitrogens with one attached hydrogen (secondary N) is 2. The highest BCUT2D eigenvalue weighted by Gasteiger charge is 2.25. The van der Waals surface area contributed by atoms with E-state index in [4.69, 9.17) is 16.3 Å². The van der Waals surface area contributed by atoms with Gasteiger partial charge in [0.1, 0.15) is 6.10 Å². The SMILES string of the molecule is Cc1ccc(Cl)cc1NC(=O)C(=O)NCCCC(=O)N1CCOC(c2ccccc2)C1. The Bertz CT molecular complexity index is 936. The first-order valence-corrected chi connectivity index (χ1v) is 10.6. The summed E-state index contributed by atoms with van der Waals surface area (Å²) in [5.41, 5.74) is 2.34. The van der Waals surface area contributed by atoms with Crippen LogP contribution in [-0.2, 0) is 19.1 Å². The Morgan fingerprint density at radius 2 is 1.90 bits per heavy atom. The van der Waals surface area contributed by atoms with Gasteiger partial charge in [-0.25, -0.2) is 0 Å². The molecule has 2 aromatic carbocycles. The molecule has 1 unspecified atom stereocenters. The van der Waals surface area contributed by atoms with Gasteiger partial charge in [-0.15, -0.1) is 0 Å². The fourth-order valence-electron chi connectivity index (χ4n) is 3.33. The number of benzene rings is 2. The van der Waals surface area contributed by atoms with E-state index in [1.807, 2.05) is 37.3 Å². The van der Waals surface area contributed by atoms with Gasteiger partial charge in [0.2, 0.25) is 5.91 Å². The number of aryl methyl sites for hydroxylation is 1. The zero-order valence-electron chi connectivity index (χ0n) is 17.4. The number of ether oxygens (including phenoxy) is 1. The Kier molecular flexibility index (Phi) is 8.03. The number of amides is 3. The molecule has 2 N–H and O–H groups in total. The number of carbonyl (C=O) groups excluding carboxylic acids is 3. The molecule has 2 aromatic rings. The predicted molar refractivity (Wildman–Crippen MR) is 119 cm³/mol. The van der Waals surface area contributed by atoms with Gasteiger partial charge in [0.15, 0.2) is 0 Å². The van der Waals surface area contributed by atoms with Crippen molar-refractivity contribution >= 4 is 35.0 Å². The summed E-state index contributed by atoms with van der Waals surface area (Å²) >= 11 is 5.92. The van der Waals surface area contributed by atoms with Crippen molar-refractivity contribution in [2.45, 2.75) is 25.9 Å². The number of rotatable bonds is 6. The zero-order chi connectivity index (χ0) is 22.2. The maximum atomic E-state index is 12.5. The Morgan fingerprint density at radius 1 is 1.13 bits per heavy atom. The largest absolute Gasteiger partial charge is 0.370 e. The van der Waals surface area contributed by atoms with Gasteiger partial charge in [0, 0.05) is 30.2 Å². The summed E-state index contributed by atoms with van der Waals surface area (Å²) in [5.74, 6) is -1.50. The third kappa shape index (κ3) is 6.54. The van der Waals surface area contributed by atoms with Crippen LogP contribution in [0.3, 0.4) is 0 Å². The summed E-state index contributed by atoms with van der Waals surface area (Å²) in [4.78, 5) is 38.4. The molecular weight excluding hydrogens is 418 g/mol. The zero-order valence-corrected chi connectivity index (χ0v) is 18.2. The van der Waals surface area contributed by atoms with Gasteiger partial charge >= 0.3 is 11.8 Å². The second-order valence-electron chi connectivity index (χ2n) is 7.38. The predicted octanol–water partition coefficient (Wildman–Crippen LogP) is 3.08. The van der Waals surface area contributed by atoms with Gasteiger partial charge in [-0.2, -0.15) is 0 Å². The third-order valence-electron chi connectivity index (χ3n) is 5.10. The monoisotopic (exact) mass is 443 g/mol. The molecule has 0 radical (unpaired) electrons. The van der Waals surface area contributed by atoms with Crippen LogP contribution in [0.5, 0.6) is 0 Å². The maximum Gasteiger partial charge on any atom is 0.313 e. The number of hydrogen-bond acceptors (Lipinski definition) is 4. The Labute approximate surface area is 186 Å². The number of hydrogen-bond donors (Lipinski definition) is 2. The topological polar surface area (TPSA) is 87.7 Å². The van der Waals surface area contributed by atoms with Crippen molar-refractivity contribution in [1.29, 1.82) is 0 Å². The molecule has 31 heavy (non-hydrogen) atoms. The summed E-state index contributed by atoms with van der Waals surface area (Å²) in [6.45, 7) is 3.60. The van der Waals surface area contributed by atoms with Gasteiger partial charge < -0.3 is 20.3 Å². The van der Waals surface area contributed by atoms with Crippen molar-refractivity contribution in [3.05, 3.63) is 64.7 Å². The van der Waals surface area contributed by atoms with Crippen LogP contribution in [0.1, 0.15) is 30.1 Å². The van der Waals surface area contributed by atoms with Crippen molar-refractivity contribution in [2.24, 2.45) is 0 Å². The summed E-state index contributed by atoms with van der Waals surface area (Å²) in [6.07, 6.45) is 0.607. The number of anilines is 1. The number of halogens is 1. The van der Waals surface area contributed by atoms with Crippen molar-refractivity contribution in [3.8, 4) is 0 Å². The Hall–Kier alpha value is -2.90. The van der Waals surface area contributed by atoms with Gasteiger partial charge in [-0.3, -0.25) is 14.4 Å². The molecule has 0 saturated carbocycles. The van der Waals surface area contributed by atoms with Crippen LogP contribution in [0.2, 0.25) is 5.02 Å². The lowest BCUT2D eigenvalue weighted by Crippen LogP contribution is -2.42. The first-order valence-electron chi connectivity index (χ1n) is 10.2. The number of morpholine rings is 1. The molecular formula is C23H26ClN3O4. The third-order valence-corrected chi connectivity index (χ3v) is 5.33. The molecule has 0 aliphatic carbocycles. The second-order valence-corrected chi connectivity index (χ2v) is 7.82. The van der Waals surface area contributed by atoms with Gasteiger partial charge in [0.05, 0.1) is 13.2 Å². The van der Waals surface area contributed by atoms with Crippen LogP contribution in [-0.4, -0.2) is 48.9 Å². The lowest BCUT2D eigenvalue weighted by molar-refractivity contribution is -0.139. The molecule has 1 aliphatic rings. The molecule has 1 saturated heterocycles. The number of carbonyl (C=O) groups is 3. The lowest BCUT2D eigenvalue weighted by Gasteiger charge is -2.33. The van der Waals surface area contributed by atoms with E-state index >= 15 is 0 Å². The molecule has 164 valence electrons. The summed E-state index contributed by atoms with van der Waals surface area (Å²) in [6, 6.07) is 14.9. The minimum Gasteiger partial charge on any atom is -0.370 e. The van der Waals surface area contributed by atoms with E-state index < -0.39 is 11.8 Å². The van der Waals surface area contributed by atoms with Crippen LogP contribution in [0.4, 0.5) is 5.69 Å². The minimum absolute atomic E-state index is 0.0116. The fraction of sp³-hybridized carbons (Fsp3) is 0.348. The van der Waals surface area contributed by atoms with Crippen molar-refractivity contribution in [3.63, 3.8) is 0 Å². The smallest absolute Gasteiger partial charge is 0.313 e. The van der Waals surface area contributed by atoms with Gasteiger partial charge in [-0.1, -0.05) is 48.0 Å². The quantitative estimate of drug-likeness (QED) is 0.530. The summed E-state index contributed by atoms with van der Waals surface area (Å²) in [7, 11) is 0. The first kappa shape index (κ1) is 22.8. The molecule has 1 fully saturated rings. The van der Waals surface area contributed by atoms with E-state index in [2.05, 4.69) is 10.6 Å². The highest BCUT2D eigenvalue weighted by Crippen LogP contribution is 2.22.